The highest BCUT2D eigenvalue weighted by molar-refractivity contribution is 6.30. The average Bonchev–Trinajstić information content (AvgIpc) is 2.54. The van der Waals surface area contributed by atoms with Crippen LogP contribution in [0.15, 0.2) is 36.7 Å². The molecule has 6 heteroatoms. The van der Waals surface area contributed by atoms with E-state index in [9.17, 15) is 0 Å². The minimum Gasteiger partial charge on any atom is -0.385 e. The van der Waals surface area contributed by atoms with E-state index in [1.165, 1.54) is 5.56 Å². The summed E-state index contributed by atoms with van der Waals surface area (Å²) in [6.07, 6.45) is 3.42. The molecule has 2 aromatic rings. The van der Waals surface area contributed by atoms with E-state index in [2.05, 4.69) is 20.6 Å². The smallest absolute Gasteiger partial charge is 0.131 e. The van der Waals surface area contributed by atoms with Gasteiger partial charge in [0.2, 0.25) is 0 Å². The average molecular weight is 321 g/mol. The first-order chi connectivity index (χ1) is 10.8. The minimum absolute atomic E-state index is 0.740. The molecule has 0 fully saturated rings. The third-order valence-corrected chi connectivity index (χ3v) is 3.38. The molecule has 0 aliphatic carbocycles. The zero-order chi connectivity index (χ0) is 15.6. The Balaban J connectivity index is 1.76. The summed E-state index contributed by atoms with van der Waals surface area (Å²) in [4.78, 5) is 8.42. The van der Waals surface area contributed by atoms with Crippen LogP contribution < -0.4 is 10.6 Å². The second-order valence-corrected chi connectivity index (χ2v) is 5.30. The number of nitrogens with one attached hydrogen (secondary N) is 2. The quantitative estimate of drug-likeness (QED) is 0.695. The van der Waals surface area contributed by atoms with Gasteiger partial charge in [-0.15, -0.1) is 0 Å². The molecule has 1 heterocycles. The highest BCUT2D eigenvalue weighted by Gasteiger charge is 1.99. The van der Waals surface area contributed by atoms with Gasteiger partial charge in [0.25, 0.3) is 0 Å². The molecule has 2 rings (SSSR count). The second-order valence-electron chi connectivity index (χ2n) is 4.86. The van der Waals surface area contributed by atoms with Gasteiger partial charge in [0.1, 0.15) is 18.0 Å². The molecule has 0 spiro atoms. The van der Waals surface area contributed by atoms with Crippen LogP contribution in [0, 0.1) is 0 Å². The predicted molar refractivity (Wildman–Crippen MR) is 90.7 cm³/mol. The third-order valence-electron chi connectivity index (χ3n) is 3.13. The van der Waals surface area contributed by atoms with Gasteiger partial charge in [-0.3, -0.25) is 0 Å². The van der Waals surface area contributed by atoms with Gasteiger partial charge in [-0.25, -0.2) is 9.97 Å². The monoisotopic (exact) mass is 320 g/mol. The fourth-order valence-corrected chi connectivity index (χ4v) is 2.10. The molecule has 0 atom stereocenters. The normalized spacial score (nSPS) is 10.5. The lowest BCUT2D eigenvalue weighted by atomic mass is 10.1. The molecule has 0 saturated heterocycles. The standard InChI is InChI=1S/C16H21ClN4O/c1-22-10-2-8-18-15-11-16(21-12-20-15)19-9-7-13-3-5-14(17)6-4-13/h3-6,11-12H,2,7-10H2,1H3,(H2,18,19,20,21). The van der Waals surface area contributed by atoms with Crippen LogP contribution in [0.2, 0.25) is 5.02 Å². The molecule has 2 N–H and O–H groups in total. The molecule has 0 amide bonds. The van der Waals surface area contributed by atoms with Crippen LogP contribution in [0.3, 0.4) is 0 Å². The number of aromatic nitrogens is 2. The molecule has 0 radical (unpaired) electrons. The van der Waals surface area contributed by atoms with Crippen molar-refractivity contribution < 1.29 is 4.74 Å². The van der Waals surface area contributed by atoms with Gasteiger partial charge < -0.3 is 15.4 Å². The Morgan fingerprint density at radius 1 is 1.05 bits per heavy atom. The summed E-state index contributed by atoms with van der Waals surface area (Å²) in [5.74, 6) is 1.64. The number of rotatable bonds is 9. The van der Waals surface area contributed by atoms with E-state index in [1.807, 2.05) is 30.3 Å². The van der Waals surface area contributed by atoms with Crippen molar-refractivity contribution in [2.45, 2.75) is 12.8 Å². The molecular weight excluding hydrogens is 300 g/mol. The third kappa shape index (κ3) is 5.87. The van der Waals surface area contributed by atoms with E-state index in [4.69, 9.17) is 16.3 Å². The number of nitrogens with zero attached hydrogens (tertiary/aromatic N) is 2. The molecule has 5 nitrogen and oxygen atoms in total. The number of benzene rings is 1. The summed E-state index contributed by atoms with van der Waals surface area (Å²) >= 11 is 5.87. The fourth-order valence-electron chi connectivity index (χ4n) is 1.97. The van der Waals surface area contributed by atoms with E-state index in [-0.39, 0.29) is 0 Å². The summed E-state index contributed by atoms with van der Waals surface area (Å²) < 4.78 is 5.01. The summed E-state index contributed by atoms with van der Waals surface area (Å²) in [6.45, 7) is 2.38. The summed E-state index contributed by atoms with van der Waals surface area (Å²) in [5, 5.41) is 7.31. The maximum absolute atomic E-state index is 5.87. The van der Waals surface area contributed by atoms with E-state index in [0.29, 0.717) is 0 Å². The van der Waals surface area contributed by atoms with E-state index >= 15 is 0 Å². The maximum atomic E-state index is 5.87. The lowest BCUT2D eigenvalue weighted by Crippen LogP contribution is -2.09. The van der Waals surface area contributed by atoms with E-state index in [1.54, 1.807) is 13.4 Å². The first-order valence-electron chi connectivity index (χ1n) is 7.31. The molecule has 22 heavy (non-hydrogen) atoms. The molecule has 0 unspecified atom stereocenters. The van der Waals surface area contributed by atoms with Crippen molar-refractivity contribution in [2.24, 2.45) is 0 Å². The van der Waals surface area contributed by atoms with Crippen LogP contribution in [-0.4, -0.2) is 36.8 Å². The maximum Gasteiger partial charge on any atom is 0.131 e. The molecule has 0 bridgehead atoms. The zero-order valence-electron chi connectivity index (χ0n) is 12.7. The van der Waals surface area contributed by atoms with Crippen molar-refractivity contribution in [2.75, 3.05) is 37.4 Å². The number of ether oxygens (including phenoxy) is 1. The van der Waals surface area contributed by atoms with Gasteiger partial charge in [-0.1, -0.05) is 23.7 Å². The predicted octanol–water partition coefficient (Wildman–Crippen LogP) is 3.23. The number of hydrogen-bond donors (Lipinski definition) is 2. The molecule has 118 valence electrons. The molecule has 0 aliphatic rings. The van der Waals surface area contributed by atoms with Gasteiger partial charge in [-0.2, -0.15) is 0 Å². The molecule has 1 aromatic carbocycles. The van der Waals surface area contributed by atoms with Crippen LogP contribution in [0.4, 0.5) is 11.6 Å². The lowest BCUT2D eigenvalue weighted by molar-refractivity contribution is 0.198. The number of hydrogen-bond acceptors (Lipinski definition) is 5. The number of methoxy groups -OCH3 is 1. The highest BCUT2D eigenvalue weighted by Crippen LogP contribution is 2.11. The van der Waals surface area contributed by atoms with Gasteiger partial charge in [0.15, 0.2) is 0 Å². The zero-order valence-corrected chi connectivity index (χ0v) is 13.4. The van der Waals surface area contributed by atoms with Crippen molar-refractivity contribution in [3.63, 3.8) is 0 Å². The van der Waals surface area contributed by atoms with Crippen molar-refractivity contribution in [3.05, 3.63) is 47.2 Å². The molecule has 1 aromatic heterocycles. The van der Waals surface area contributed by atoms with Gasteiger partial charge in [0.05, 0.1) is 0 Å². The van der Waals surface area contributed by atoms with Crippen molar-refractivity contribution in [3.8, 4) is 0 Å². The van der Waals surface area contributed by atoms with Crippen LogP contribution in [0.1, 0.15) is 12.0 Å². The summed E-state index contributed by atoms with van der Waals surface area (Å²) in [6, 6.07) is 9.79. The Hall–Kier alpha value is -1.85. The van der Waals surface area contributed by atoms with Gasteiger partial charge in [-0.05, 0) is 30.5 Å². The molecule has 0 aliphatic heterocycles. The van der Waals surface area contributed by atoms with Crippen LogP contribution in [0.5, 0.6) is 0 Å². The Kier molecular flexibility index (Phi) is 6.93. The van der Waals surface area contributed by atoms with Gasteiger partial charge in [0, 0.05) is 37.9 Å². The Labute approximate surface area is 136 Å². The SMILES string of the molecule is COCCCNc1cc(NCCc2ccc(Cl)cc2)ncn1. The highest BCUT2D eigenvalue weighted by atomic mass is 35.5. The first kappa shape index (κ1) is 16.5. The van der Waals surface area contributed by atoms with Crippen molar-refractivity contribution in [1.29, 1.82) is 0 Å². The Morgan fingerprint density at radius 2 is 1.73 bits per heavy atom. The van der Waals surface area contributed by atoms with Crippen LogP contribution in [0.25, 0.3) is 0 Å². The van der Waals surface area contributed by atoms with Crippen LogP contribution >= 0.6 is 11.6 Å². The van der Waals surface area contributed by atoms with Crippen molar-refractivity contribution in [1.82, 2.24) is 9.97 Å². The van der Waals surface area contributed by atoms with Crippen molar-refractivity contribution >= 4 is 23.2 Å². The van der Waals surface area contributed by atoms with Gasteiger partial charge >= 0.3 is 0 Å². The molecular formula is C16H21ClN4O. The number of anilines is 2. The summed E-state index contributed by atoms with van der Waals surface area (Å²) in [7, 11) is 1.70. The van der Waals surface area contributed by atoms with E-state index < -0.39 is 0 Å². The first-order valence-corrected chi connectivity index (χ1v) is 7.69. The topological polar surface area (TPSA) is 59.1 Å². The summed E-state index contributed by atoms with van der Waals surface area (Å²) in [5.41, 5.74) is 1.24. The second kappa shape index (κ2) is 9.23. The number of halogens is 1. The molecule has 0 saturated carbocycles. The Bertz CT molecular complexity index is 562. The fraction of sp³-hybridized carbons (Fsp3) is 0.375. The van der Waals surface area contributed by atoms with E-state index in [0.717, 1.165) is 49.2 Å². The largest absolute Gasteiger partial charge is 0.385 e. The van der Waals surface area contributed by atoms with Crippen LogP contribution in [-0.2, 0) is 11.2 Å². The minimum atomic E-state index is 0.740. The lowest BCUT2D eigenvalue weighted by Gasteiger charge is -2.08. The Morgan fingerprint density at radius 3 is 2.41 bits per heavy atom.